The van der Waals surface area contributed by atoms with E-state index in [9.17, 15) is 0 Å². The molecule has 0 heterocycles. The van der Waals surface area contributed by atoms with Gasteiger partial charge in [-0.15, -0.1) is 11.6 Å². The molecule has 1 N–H and O–H groups in total. The summed E-state index contributed by atoms with van der Waals surface area (Å²) in [6.07, 6.45) is 0.917. The lowest BCUT2D eigenvalue weighted by Crippen LogP contribution is -2.33. The predicted molar refractivity (Wildman–Crippen MR) is 72.0 cm³/mol. The van der Waals surface area contributed by atoms with Crippen LogP contribution >= 0.6 is 27.5 Å². The summed E-state index contributed by atoms with van der Waals surface area (Å²) in [5.74, 6) is 0.650. The molecular weight excluding hydrogens is 289 g/mol. The van der Waals surface area contributed by atoms with Crippen molar-refractivity contribution in [2.75, 3.05) is 19.6 Å². The van der Waals surface area contributed by atoms with Gasteiger partial charge >= 0.3 is 0 Å². The zero-order valence-corrected chi connectivity index (χ0v) is 11.7. The molecule has 1 atom stereocenters. The van der Waals surface area contributed by atoms with E-state index in [2.05, 4.69) is 27.3 Å². The first-order chi connectivity index (χ1) is 7.77. The summed E-state index contributed by atoms with van der Waals surface area (Å²) in [6, 6.07) is 8.51. The fourth-order valence-electron chi connectivity index (χ4n) is 1.47. The number of rotatable bonds is 7. The number of hydrogen-bond acceptors (Lipinski definition) is 2. The normalized spacial score (nSPS) is 12.7. The van der Waals surface area contributed by atoms with Gasteiger partial charge in [0, 0.05) is 30.0 Å². The lowest BCUT2D eigenvalue weighted by Gasteiger charge is -2.17. The third-order valence-electron chi connectivity index (χ3n) is 2.36. The molecule has 90 valence electrons. The van der Waals surface area contributed by atoms with Gasteiger partial charge in [0.2, 0.25) is 0 Å². The highest BCUT2D eigenvalue weighted by Crippen LogP contribution is 2.15. The second kappa shape index (κ2) is 8.07. The van der Waals surface area contributed by atoms with Gasteiger partial charge in [-0.3, -0.25) is 0 Å². The van der Waals surface area contributed by atoms with Crippen molar-refractivity contribution in [3.63, 3.8) is 0 Å². The van der Waals surface area contributed by atoms with Gasteiger partial charge in [0.1, 0.15) is 0 Å². The zero-order valence-electron chi connectivity index (χ0n) is 9.38. The Balaban J connectivity index is 2.45. The van der Waals surface area contributed by atoms with E-state index in [4.69, 9.17) is 16.3 Å². The van der Waals surface area contributed by atoms with Crippen LogP contribution in [0.2, 0.25) is 0 Å². The van der Waals surface area contributed by atoms with Crippen LogP contribution in [0.15, 0.2) is 28.7 Å². The Morgan fingerprint density at radius 1 is 1.44 bits per heavy atom. The molecule has 4 heteroatoms. The summed E-state index contributed by atoms with van der Waals surface area (Å²) in [4.78, 5) is 0. The Morgan fingerprint density at radius 2 is 2.19 bits per heavy atom. The fourth-order valence-corrected chi connectivity index (χ4v) is 2.16. The molecule has 0 bridgehead atoms. The molecular formula is C12H17BrClNO. The first kappa shape index (κ1) is 14.0. The molecule has 1 aromatic carbocycles. The van der Waals surface area contributed by atoms with E-state index in [1.54, 1.807) is 7.11 Å². The standard InChI is InChI=1S/C12H17BrClNO/c1-16-9-11(6-7-14)15-8-10-4-2-3-5-12(10)13/h2-5,11,15H,6-9H2,1H3. The van der Waals surface area contributed by atoms with Crippen LogP contribution in [0.4, 0.5) is 0 Å². The van der Waals surface area contributed by atoms with E-state index in [0.29, 0.717) is 18.5 Å². The Labute approximate surface area is 110 Å². The summed E-state index contributed by atoms with van der Waals surface area (Å²) in [7, 11) is 1.71. The van der Waals surface area contributed by atoms with Gasteiger partial charge < -0.3 is 10.1 Å². The number of nitrogens with one attached hydrogen (secondary N) is 1. The molecule has 0 saturated carbocycles. The van der Waals surface area contributed by atoms with Crippen LogP contribution < -0.4 is 5.32 Å². The van der Waals surface area contributed by atoms with Gasteiger partial charge in [0.25, 0.3) is 0 Å². The average Bonchev–Trinajstić information content (AvgIpc) is 2.28. The zero-order chi connectivity index (χ0) is 11.8. The Kier molecular flexibility index (Phi) is 7.05. The second-order valence-corrected chi connectivity index (χ2v) is 4.83. The molecule has 0 spiro atoms. The first-order valence-corrected chi connectivity index (χ1v) is 6.62. The lowest BCUT2D eigenvalue weighted by atomic mass is 10.2. The molecule has 1 aromatic rings. The first-order valence-electron chi connectivity index (χ1n) is 5.29. The van der Waals surface area contributed by atoms with Crippen molar-refractivity contribution in [1.82, 2.24) is 5.32 Å². The second-order valence-electron chi connectivity index (χ2n) is 3.60. The minimum Gasteiger partial charge on any atom is -0.383 e. The van der Waals surface area contributed by atoms with Crippen molar-refractivity contribution in [1.29, 1.82) is 0 Å². The van der Waals surface area contributed by atoms with Crippen molar-refractivity contribution in [3.05, 3.63) is 34.3 Å². The monoisotopic (exact) mass is 305 g/mol. The Hall–Kier alpha value is -0.0900. The summed E-state index contributed by atoms with van der Waals surface area (Å²) in [5.41, 5.74) is 1.25. The third kappa shape index (κ3) is 4.83. The molecule has 1 unspecified atom stereocenters. The van der Waals surface area contributed by atoms with Gasteiger partial charge in [0.05, 0.1) is 6.61 Å². The summed E-state index contributed by atoms with van der Waals surface area (Å²) in [6.45, 7) is 1.52. The number of benzene rings is 1. The highest BCUT2D eigenvalue weighted by atomic mass is 79.9. The van der Waals surface area contributed by atoms with Gasteiger partial charge in [-0.05, 0) is 18.1 Å². The number of hydrogen-bond donors (Lipinski definition) is 1. The van der Waals surface area contributed by atoms with Crippen molar-refractivity contribution >= 4 is 27.5 Å². The largest absolute Gasteiger partial charge is 0.383 e. The quantitative estimate of drug-likeness (QED) is 0.781. The van der Waals surface area contributed by atoms with Gasteiger partial charge in [-0.25, -0.2) is 0 Å². The van der Waals surface area contributed by atoms with Crippen molar-refractivity contribution in [2.24, 2.45) is 0 Å². The maximum absolute atomic E-state index is 5.74. The van der Waals surface area contributed by atoms with Crippen LogP contribution in [0.25, 0.3) is 0 Å². The number of methoxy groups -OCH3 is 1. The maximum atomic E-state index is 5.74. The van der Waals surface area contributed by atoms with Gasteiger partial charge in [0.15, 0.2) is 0 Å². The van der Waals surface area contributed by atoms with E-state index in [-0.39, 0.29) is 0 Å². The van der Waals surface area contributed by atoms with Crippen LogP contribution in [0.5, 0.6) is 0 Å². The van der Waals surface area contributed by atoms with Crippen molar-refractivity contribution in [3.8, 4) is 0 Å². The van der Waals surface area contributed by atoms with E-state index >= 15 is 0 Å². The molecule has 16 heavy (non-hydrogen) atoms. The maximum Gasteiger partial charge on any atom is 0.0616 e. The molecule has 1 rings (SSSR count). The van der Waals surface area contributed by atoms with Gasteiger partial charge in [-0.2, -0.15) is 0 Å². The van der Waals surface area contributed by atoms with E-state index < -0.39 is 0 Å². The summed E-state index contributed by atoms with van der Waals surface area (Å²) < 4.78 is 6.27. The average molecular weight is 307 g/mol. The van der Waals surface area contributed by atoms with Crippen LogP contribution in [-0.2, 0) is 11.3 Å². The molecule has 0 aliphatic rings. The minimum absolute atomic E-state index is 0.314. The van der Waals surface area contributed by atoms with Crippen LogP contribution in [0, 0.1) is 0 Å². The SMILES string of the molecule is COCC(CCCl)NCc1ccccc1Br. The van der Waals surface area contributed by atoms with E-state index in [1.165, 1.54) is 5.56 Å². The molecule has 0 aromatic heterocycles. The highest BCUT2D eigenvalue weighted by molar-refractivity contribution is 9.10. The smallest absolute Gasteiger partial charge is 0.0616 e. The summed E-state index contributed by atoms with van der Waals surface area (Å²) in [5, 5.41) is 3.44. The Bertz CT molecular complexity index is 303. The molecule has 0 aliphatic carbocycles. The van der Waals surface area contributed by atoms with Crippen LogP contribution in [0.3, 0.4) is 0 Å². The highest BCUT2D eigenvalue weighted by Gasteiger charge is 2.07. The number of halogens is 2. The molecule has 0 amide bonds. The topological polar surface area (TPSA) is 21.3 Å². The third-order valence-corrected chi connectivity index (χ3v) is 3.36. The fraction of sp³-hybridized carbons (Fsp3) is 0.500. The van der Waals surface area contributed by atoms with Crippen LogP contribution in [-0.4, -0.2) is 25.6 Å². The summed E-state index contributed by atoms with van der Waals surface area (Å²) >= 11 is 9.27. The predicted octanol–water partition coefficient (Wildman–Crippen LogP) is 3.18. The molecule has 2 nitrogen and oxygen atoms in total. The van der Waals surface area contributed by atoms with Crippen LogP contribution in [0.1, 0.15) is 12.0 Å². The van der Waals surface area contributed by atoms with Crippen molar-refractivity contribution < 1.29 is 4.74 Å². The Morgan fingerprint density at radius 3 is 2.81 bits per heavy atom. The van der Waals surface area contributed by atoms with Crippen molar-refractivity contribution in [2.45, 2.75) is 19.0 Å². The van der Waals surface area contributed by atoms with Gasteiger partial charge in [-0.1, -0.05) is 34.1 Å². The molecule has 0 aliphatic heterocycles. The van der Waals surface area contributed by atoms with E-state index in [1.807, 2.05) is 18.2 Å². The number of alkyl halides is 1. The molecule has 0 radical (unpaired) electrons. The molecule has 0 saturated heterocycles. The molecule has 0 fully saturated rings. The van der Waals surface area contributed by atoms with E-state index in [0.717, 1.165) is 17.4 Å². The lowest BCUT2D eigenvalue weighted by molar-refractivity contribution is 0.164. The number of ether oxygens (including phenoxy) is 1. The minimum atomic E-state index is 0.314.